The first kappa shape index (κ1) is 19.9. The number of nitrogens with one attached hydrogen (secondary N) is 1. The number of aliphatic carboxylic acids is 2. The first-order chi connectivity index (χ1) is 13.9. The molecule has 3 aromatic rings. The molecule has 0 saturated carbocycles. The Labute approximate surface area is 165 Å². The van der Waals surface area contributed by atoms with E-state index in [-0.39, 0.29) is 5.91 Å². The van der Waals surface area contributed by atoms with Gasteiger partial charge in [-0.25, -0.2) is 14.6 Å². The lowest BCUT2D eigenvalue weighted by molar-refractivity contribution is -0.134. The molecule has 150 valence electrons. The number of carbonyl (C=O) groups excluding carboxylic acids is 1. The number of imidazole rings is 1. The molecule has 29 heavy (non-hydrogen) atoms. The van der Waals surface area contributed by atoms with E-state index in [1.807, 2.05) is 36.1 Å². The number of nitrogens with zero attached hydrogens (tertiary/aromatic N) is 2. The molecule has 3 N–H and O–H groups in total. The highest BCUT2D eigenvalue weighted by atomic mass is 16.4. The zero-order valence-electron chi connectivity index (χ0n) is 15.6. The summed E-state index contributed by atoms with van der Waals surface area (Å²) in [5, 5.41) is 16.5. The third-order valence-corrected chi connectivity index (χ3v) is 4.42. The van der Waals surface area contributed by atoms with Gasteiger partial charge in [-0.2, -0.15) is 0 Å². The minimum absolute atomic E-state index is 0.0311. The van der Waals surface area contributed by atoms with Crippen molar-refractivity contribution in [3.63, 3.8) is 0 Å². The molecular weight excluding hydrogens is 378 g/mol. The van der Waals surface area contributed by atoms with Crippen LogP contribution < -0.4 is 0 Å². The predicted octanol–water partition coefficient (Wildman–Crippen LogP) is 2.37. The molecule has 0 unspecified atom stereocenters. The van der Waals surface area contributed by atoms with E-state index in [1.54, 1.807) is 6.33 Å². The van der Waals surface area contributed by atoms with Crippen molar-refractivity contribution in [2.75, 3.05) is 6.54 Å². The number of benzene rings is 1. The number of carboxylic acid groups (broad SMARTS) is 2. The molecule has 1 amide bonds. The molecule has 0 bridgehead atoms. The average molecular weight is 397 g/mol. The average Bonchev–Trinajstić information content (AvgIpc) is 3.26. The molecule has 1 aromatic carbocycles. The molecule has 9 heteroatoms. The van der Waals surface area contributed by atoms with E-state index in [4.69, 9.17) is 14.6 Å². The molecule has 3 heterocycles. The summed E-state index contributed by atoms with van der Waals surface area (Å²) in [5.74, 6) is -1.68. The fraction of sp³-hybridized carbons (Fsp3) is 0.200. The number of rotatable bonds is 4. The van der Waals surface area contributed by atoms with Crippen LogP contribution in [0, 0.1) is 6.92 Å². The van der Waals surface area contributed by atoms with Crippen molar-refractivity contribution in [2.45, 2.75) is 19.9 Å². The second-order valence-corrected chi connectivity index (χ2v) is 6.36. The molecule has 0 radical (unpaired) electrons. The number of aryl methyl sites for hydroxylation is 1. The van der Waals surface area contributed by atoms with Crippen LogP contribution in [0.15, 0.2) is 47.2 Å². The van der Waals surface area contributed by atoms with Gasteiger partial charge >= 0.3 is 11.9 Å². The first-order valence-electron chi connectivity index (χ1n) is 8.79. The second kappa shape index (κ2) is 8.42. The molecule has 0 atom stereocenters. The lowest BCUT2D eigenvalue weighted by Crippen LogP contribution is -2.36. The standard InChI is InChI=1S/C16H15N3O2.C4H4O4/c1-10-12(18-9-17-10)8-19-7-6-14-15(16(19)20)11-4-2-3-5-13(11)21-14;5-3(6)1-2-4(7)8/h2-5,9H,6-8H2,1H3,(H,17,18);1-2H,(H,5,6)(H,7,8). The fourth-order valence-electron chi connectivity index (χ4n) is 3.02. The van der Waals surface area contributed by atoms with Crippen molar-refractivity contribution >= 4 is 28.8 Å². The number of fused-ring (bicyclic) bond motifs is 3. The third kappa shape index (κ3) is 4.52. The van der Waals surface area contributed by atoms with Crippen LogP contribution >= 0.6 is 0 Å². The summed E-state index contributed by atoms with van der Waals surface area (Å²) < 4.78 is 5.80. The number of para-hydroxylation sites is 1. The van der Waals surface area contributed by atoms with Gasteiger partial charge in [-0.15, -0.1) is 0 Å². The minimum Gasteiger partial charge on any atom is -0.478 e. The lowest BCUT2D eigenvalue weighted by Gasteiger charge is -2.25. The Morgan fingerprint density at radius 1 is 1.24 bits per heavy atom. The van der Waals surface area contributed by atoms with Crippen LogP contribution in [0.4, 0.5) is 0 Å². The SMILES string of the molecule is Cc1[nH]cnc1CN1CCc2oc3ccccc3c2C1=O.O=C(O)C=CC(=O)O. The molecule has 0 spiro atoms. The molecule has 1 aliphatic rings. The quantitative estimate of drug-likeness (QED) is 0.575. The largest absolute Gasteiger partial charge is 0.478 e. The number of aromatic nitrogens is 2. The number of carbonyl (C=O) groups is 3. The smallest absolute Gasteiger partial charge is 0.328 e. The minimum atomic E-state index is -1.26. The molecular formula is C20H19N3O6. The Morgan fingerprint density at radius 3 is 2.55 bits per heavy atom. The van der Waals surface area contributed by atoms with Gasteiger partial charge in [-0.3, -0.25) is 4.79 Å². The second-order valence-electron chi connectivity index (χ2n) is 6.36. The van der Waals surface area contributed by atoms with E-state index in [9.17, 15) is 14.4 Å². The molecule has 2 aromatic heterocycles. The summed E-state index contributed by atoms with van der Waals surface area (Å²) in [6.45, 7) is 3.17. The molecule has 0 saturated heterocycles. The van der Waals surface area contributed by atoms with Crippen LogP contribution in [-0.4, -0.2) is 49.5 Å². The fourth-order valence-corrected chi connectivity index (χ4v) is 3.02. The van der Waals surface area contributed by atoms with Gasteiger partial charge in [0, 0.05) is 36.2 Å². The van der Waals surface area contributed by atoms with Crippen LogP contribution in [0.5, 0.6) is 0 Å². The Hall–Kier alpha value is -3.88. The van der Waals surface area contributed by atoms with Gasteiger partial charge in [0.1, 0.15) is 11.3 Å². The van der Waals surface area contributed by atoms with E-state index in [1.165, 1.54) is 0 Å². The molecule has 0 aliphatic carbocycles. The molecule has 9 nitrogen and oxygen atoms in total. The van der Waals surface area contributed by atoms with E-state index in [0.717, 1.165) is 34.5 Å². The number of hydrogen-bond acceptors (Lipinski definition) is 5. The van der Waals surface area contributed by atoms with Crippen molar-refractivity contribution in [1.29, 1.82) is 0 Å². The summed E-state index contributed by atoms with van der Waals surface area (Å²) in [4.78, 5) is 41.0. The van der Waals surface area contributed by atoms with Crippen molar-refractivity contribution in [2.24, 2.45) is 0 Å². The van der Waals surface area contributed by atoms with E-state index < -0.39 is 11.9 Å². The van der Waals surface area contributed by atoms with E-state index in [0.29, 0.717) is 30.8 Å². The van der Waals surface area contributed by atoms with Gasteiger partial charge in [-0.1, -0.05) is 18.2 Å². The maximum absolute atomic E-state index is 12.8. The van der Waals surface area contributed by atoms with Crippen LogP contribution in [0.1, 0.15) is 27.5 Å². The zero-order chi connectivity index (χ0) is 21.0. The van der Waals surface area contributed by atoms with Gasteiger partial charge in [0.15, 0.2) is 0 Å². The monoisotopic (exact) mass is 397 g/mol. The number of amides is 1. The topological polar surface area (TPSA) is 137 Å². The summed E-state index contributed by atoms with van der Waals surface area (Å²) in [5.41, 5.74) is 3.42. The highest BCUT2D eigenvalue weighted by Gasteiger charge is 2.30. The number of furan rings is 1. The van der Waals surface area contributed by atoms with Crippen LogP contribution in [-0.2, 0) is 22.6 Å². The van der Waals surface area contributed by atoms with Crippen LogP contribution in [0.2, 0.25) is 0 Å². The van der Waals surface area contributed by atoms with Crippen molar-refractivity contribution in [3.05, 3.63) is 65.5 Å². The summed E-state index contributed by atoms with van der Waals surface area (Å²) in [6, 6.07) is 7.71. The van der Waals surface area contributed by atoms with Gasteiger partial charge in [0.2, 0.25) is 0 Å². The first-order valence-corrected chi connectivity index (χ1v) is 8.79. The van der Waals surface area contributed by atoms with E-state index in [2.05, 4.69) is 9.97 Å². The number of carboxylic acids is 2. The lowest BCUT2D eigenvalue weighted by atomic mass is 10.0. The van der Waals surface area contributed by atoms with E-state index >= 15 is 0 Å². The van der Waals surface area contributed by atoms with Crippen molar-refractivity contribution in [1.82, 2.24) is 14.9 Å². The van der Waals surface area contributed by atoms with Crippen molar-refractivity contribution in [3.8, 4) is 0 Å². The maximum Gasteiger partial charge on any atom is 0.328 e. The summed E-state index contributed by atoms with van der Waals surface area (Å²) in [7, 11) is 0. The Balaban J connectivity index is 0.000000258. The van der Waals surface area contributed by atoms with Gasteiger partial charge in [-0.05, 0) is 13.0 Å². The number of aromatic amines is 1. The van der Waals surface area contributed by atoms with Gasteiger partial charge in [0.05, 0.1) is 24.1 Å². The molecule has 1 aliphatic heterocycles. The number of hydrogen-bond donors (Lipinski definition) is 3. The highest BCUT2D eigenvalue weighted by Crippen LogP contribution is 2.30. The predicted molar refractivity (Wildman–Crippen MR) is 102 cm³/mol. The third-order valence-electron chi connectivity index (χ3n) is 4.42. The Morgan fingerprint density at radius 2 is 1.93 bits per heavy atom. The number of H-pyrrole nitrogens is 1. The zero-order valence-corrected chi connectivity index (χ0v) is 15.6. The Kier molecular flexibility index (Phi) is 5.77. The van der Waals surface area contributed by atoms with Crippen LogP contribution in [0.3, 0.4) is 0 Å². The molecule has 4 rings (SSSR count). The van der Waals surface area contributed by atoms with Gasteiger partial charge < -0.3 is 24.5 Å². The Bertz CT molecular complexity index is 1080. The highest BCUT2D eigenvalue weighted by molar-refractivity contribution is 6.07. The summed E-state index contributed by atoms with van der Waals surface area (Å²) >= 11 is 0. The normalized spacial score (nSPS) is 13.3. The van der Waals surface area contributed by atoms with Gasteiger partial charge in [0.25, 0.3) is 5.91 Å². The van der Waals surface area contributed by atoms with Crippen LogP contribution in [0.25, 0.3) is 11.0 Å². The van der Waals surface area contributed by atoms with Crippen molar-refractivity contribution < 1.29 is 29.0 Å². The summed E-state index contributed by atoms with van der Waals surface area (Å²) in [6.07, 6.45) is 3.53. The molecule has 0 fully saturated rings. The maximum atomic E-state index is 12.8.